The van der Waals surface area contributed by atoms with Gasteiger partial charge in [0.05, 0.1) is 18.1 Å². The predicted molar refractivity (Wildman–Crippen MR) is 133 cm³/mol. The summed E-state index contributed by atoms with van der Waals surface area (Å²) in [5.41, 5.74) is 1.35. The molecule has 0 aromatic heterocycles. The van der Waals surface area contributed by atoms with Crippen LogP contribution in [0.3, 0.4) is 0 Å². The molecule has 1 amide bonds. The predicted octanol–water partition coefficient (Wildman–Crippen LogP) is 4.12. The molecular formula is C26H36N2O5S. The van der Waals surface area contributed by atoms with Gasteiger partial charge in [-0.15, -0.1) is 0 Å². The van der Waals surface area contributed by atoms with E-state index in [9.17, 15) is 13.2 Å². The number of ether oxygens (including phenoxy) is 2. The molecule has 34 heavy (non-hydrogen) atoms. The molecule has 0 aliphatic carbocycles. The number of hydrogen-bond acceptors (Lipinski definition) is 5. The highest BCUT2D eigenvalue weighted by Crippen LogP contribution is 2.29. The van der Waals surface area contributed by atoms with Crippen LogP contribution in [0, 0.1) is 11.8 Å². The van der Waals surface area contributed by atoms with Gasteiger partial charge >= 0.3 is 0 Å². The molecule has 1 fully saturated rings. The lowest BCUT2D eigenvalue weighted by molar-refractivity contribution is 0.0954. The molecule has 2 atom stereocenters. The van der Waals surface area contributed by atoms with Crippen molar-refractivity contribution in [2.45, 2.75) is 45.4 Å². The number of carbonyl (C=O) groups is 1. The first-order chi connectivity index (χ1) is 16.2. The number of nitrogens with zero attached hydrogens (tertiary/aromatic N) is 1. The van der Waals surface area contributed by atoms with E-state index in [2.05, 4.69) is 19.2 Å². The zero-order chi connectivity index (χ0) is 24.7. The maximum Gasteiger partial charge on any atom is 0.251 e. The second-order valence-corrected chi connectivity index (χ2v) is 10.9. The largest absolute Gasteiger partial charge is 0.490 e. The fourth-order valence-corrected chi connectivity index (χ4v) is 6.15. The molecule has 1 saturated heterocycles. The maximum absolute atomic E-state index is 13.2. The van der Waals surface area contributed by atoms with Crippen molar-refractivity contribution >= 4 is 15.9 Å². The van der Waals surface area contributed by atoms with Crippen molar-refractivity contribution in [2.24, 2.45) is 11.8 Å². The third-order valence-corrected chi connectivity index (χ3v) is 7.70. The van der Waals surface area contributed by atoms with E-state index in [0.717, 1.165) is 12.0 Å². The number of carbonyl (C=O) groups excluding carboxylic acids is 1. The van der Waals surface area contributed by atoms with E-state index in [1.54, 1.807) is 22.5 Å². The van der Waals surface area contributed by atoms with Crippen molar-refractivity contribution in [3.05, 3.63) is 53.6 Å². The maximum atomic E-state index is 13.2. The molecule has 8 heteroatoms. The van der Waals surface area contributed by atoms with Gasteiger partial charge in [-0.2, -0.15) is 4.31 Å². The van der Waals surface area contributed by atoms with Gasteiger partial charge in [0.15, 0.2) is 11.5 Å². The zero-order valence-electron chi connectivity index (χ0n) is 20.5. The summed E-state index contributed by atoms with van der Waals surface area (Å²) in [6.45, 7) is 10.5. The zero-order valence-corrected chi connectivity index (χ0v) is 21.4. The second kappa shape index (κ2) is 11.7. The number of rotatable bonds is 10. The molecular weight excluding hydrogens is 452 g/mol. The van der Waals surface area contributed by atoms with Crippen molar-refractivity contribution in [1.82, 2.24) is 9.62 Å². The fourth-order valence-electron chi connectivity index (χ4n) is 4.42. The van der Waals surface area contributed by atoms with Gasteiger partial charge in [0.25, 0.3) is 5.91 Å². The summed E-state index contributed by atoms with van der Waals surface area (Å²) in [4.78, 5) is 12.9. The Balaban J connectivity index is 1.64. The van der Waals surface area contributed by atoms with E-state index < -0.39 is 10.0 Å². The average Bonchev–Trinajstić information content (AvgIpc) is 2.80. The minimum atomic E-state index is -3.64. The van der Waals surface area contributed by atoms with Crippen LogP contribution in [0.1, 0.15) is 50.0 Å². The Morgan fingerprint density at radius 2 is 1.68 bits per heavy atom. The van der Waals surface area contributed by atoms with Crippen LogP contribution in [-0.2, 0) is 16.4 Å². The lowest BCUT2D eigenvalue weighted by atomic mass is 9.94. The third-order valence-electron chi connectivity index (χ3n) is 5.88. The quantitative estimate of drug-likeness (QED) is 0.544. The van der Waals surface area contributed by atoms with Gasteiger partial charge in [0.1, 0.15) is 0 Å². The molecule has 0 spiro atoms. The van der Waals surface area contributed by atoms with E-state index in [1.807, 2.05) is 32.0 Å². The monoisotopic (exact) mass is 488 g/mol. The van der Waals surface area contributed by atoms with Crippen molar-refractivity contribution < 1.29 is 22.7 Å². The second-order valence-electron chi connectivity index (χ2n) is 8.95. The molecule has 1 aliphatic heterocycles. The number of hydrogen-bond donors (Lipinski definition) is 1. The van der Waals surface area contributed by atoms with Crippen LogP contribution < -0.4 is 14.8 Å². The number of sulfonamides is 1. The van der Waals surface area contributed by atoms with Crippen LogP contribution in [0.15, 0.2) is 47.4 Å². The Morgan fingerprint density at radius 1 is 1.00 bits per heavy atom. The number of amides is 1. The van der Waals surface area contributed by atoms with Crippen LogP contribution in [0.25, 0.3) is 0 Å². The molecule has 1 N–H and O–H groups in total. The fraction of sp³-hybridized carbons (Fsp3) is 0.500. The lowest BCUT2D eigenvalue weighted by Gasteiger charge is -2.34. The van der Waals surface area contributed by atoms with Crippen LogP contribution >= 0.6 is 0 Å². The van der Waals surface area contributed by atoms with E-state index in [0.29, 0.717) is 68.2 Å². The van der Waals surface area contributed by atoms with Crippen molar-refractivity contribution in [2.75, 3.05) is 32.8 Å². The standard InChI is InChI=1S/C26H36N2O5S/c1-5-32-24-11-10-21(15-25(24)33-6-2)12-13-27-26(29)22-8-7-9-23(16-22)34(30,31)28-17-19(3)14-20(4)18-28/h7-11,15-16,19-20H,5-6,12-14,17-18H2,1-4H3,(H,27,29). The normalized spacial score (nSPS) is 18.9. The summed E-state index contributed by atoms with van der Waals surface area (Å²) in [5.74, 6) is 1.72. The topological polar surface area (TPSA) is 84.9 Å². The lowest BCUT2D eigenvalue weighted by Crippen LogP contribution is -2.42. The summed E-state index contributed by atoms with van der Waals surface area (Å²) in [6.07, 6.45) is 1.63. The Hall–Kier alpha value is -2.58. The smallest absolute Gasteiger partial charge is 0.251 e. The summed E-state index contributed by atoms with van der Waals surface area (Å²) >= 11 is 0. The molecule has 0 bridgehead atoms. The number of nitrogens with one attached hydrogen (secondary N) is 1. The molecule has 0 saturated carbocycles. The SMILES string of the molecule is CCOc1ccc(CCNC(=O)c2cccc(S(=O)(=O)N3CC(C)CC(C)C3)c2)cc1OCC. The molecule has 7 nitrogen and oxygen atoms in total. The summed E-state index contributed by atoms with van der Waals surface area (Å²) < 4.78 is 39.2. The average molecular weight is 489 g/mol. The molecule has 1 aliphatic rings. The summed E-state index contributed by atoms with van der Waals surface area (Å²) in [5, 5.41) is 2.89. The number of piperidine rings is 1. The van der Waals surface area contributed by atoms with Crippen molar-refractivity contribution in [1.29, 1.82) is 0 Å². The minimum absolute atomic E-state index is 0.161. The van der Waals surface area contributed by atoms with Gasteiger partial charge in [0, 0.05) is 25.2 Å². The van der Waals surface area contributed by atoms with E-state index in [4.69, 9.17) is 9.47 Å². The first kappa shape index (κ1) is 26.0. The molecule has 2 unspecified atom stereocenters. The minimum Gasteiger partial charge on any atom is -0.490 e. The number of benzene rings is 2. The van der Waals surface area contributed by atoms with Gasteiger partial charge in [0.2, 0.25) is 10.0 Å². The molecule has 3 rings (SSSR count). The van der Waals surface area contributed by atoms with Gasteiger partial charge in [-0.25, -0.2) is 8.42 Å². The molecule has 0 radical (unpaired) electrons. The van der Waals surface area contributed by atoms with E-state index >= 15 is 0 Å². The third kappa shape index (κ3) is 6.51. The Morgan fingerprint density at radius 3 is 2.35 bits per heavy atom. The van der Waals surface area contributed by atoms with E-state index in [-0.39, 0.29) is 10.8 Å². The van der Waals surface area contributed by atoms with Crippen molar-refractivity contribution in [3.8, 4) is 11.5 Å². The first-order valence-corrected chi connectivity index (χ1v) is 13.5. The molecule has 2 aromatic carbocycles. The molecule has 2 aromatic rings. The van der Waals surface area contributed by atoms with E-state index in [1.165, 1.54) is 6.07 Å². The Labute approximate surface area is 203 Å². The van der Waals surface area contributed by atoms with Crippen molar-refractivity contribution in [3.63, 3.8) is 0 Å². The van der Waals surface area contributed by atoms with Crippen LogP contribution in [0.2, 0.25) is 0 Å². The Kier molecular flexibility index (Phi) is 8.97. The van der Waals surface area contributed by atoms with Crippen LogP contribution in [0.4, 0.5) is 0 Å². The highest BCUT2D eigenvalue weighted by molar-refractivity contribution is 7.89. The summed E-state index contributed by atoms with van der Waals surface area (Å²) in [7, 11) is -3.64. The first-order valence-electron chi connectivity index (χ1n) is 12.0. The molecule has 186 valence electrons. The van der Waals surface area contributed by atoms with Gasteiger partial charge in [-0.05, 0) is 74.4 Å². The van der Waals surface area contributed by atoms with Gasteiger partial charge < -0.3 is 14.8 Å². The van der Waals surface area contributed by atoms with Crippen LogP contribution in [-0.4, -0.2) is 51.5 Å². The molecule has 1 heterocycles. The summed E-state index contributed by atoms with van der Waals surface area (Å²) in [6, 6.07) is 12.0. The highest BCUT2D eigenvalue weighted by atomic mass is 32.2. The van der Waals surface area contributed by atoms with Gasteiger partial charge in [-0.3, -0.25) is 4.79 Å². The van der Waals surface area contributed by atoms with Gasteiger partial charge in [-0.1, -0.05) is 26.0 Å². The highest BCUT2D eigenvalue weighted by Gasteiger charge is 2.31. The Bertz CT molecular complexity index is 1080. The van der Waals surface area contributed by atoms with Crippen LogP contribution in [0.5, 0.6) is 11.5 Å².